The molecular weight excluding hydrogens is 436 g/mol. The minimum absolute atomic E-state index is 0.148. The van der Waals surface area contributed by atoms with Gasteiger partial charge in [0.25, 0.3) is 0 Å². The summed E-state index contributed by atoms with van der Waals surface area (Å²) >= 11 is 5.39. The molecule has 2 aliphatic heterocycles. The minimum atomic E-state index is -0.285. The molecule has 2 aliphatic rings. The maximum absolute atomic E-state index is 6.42. The largest absolute Gasteiger partial charge is 0.497 e. The van der Waals surface area contributed by atoms with Crippen molar-refractivity contribution < 1.29 is 9.47 Å². The summed E-state index contributed by atoms with van der Waals surface area (Å²) in [5.41, 5.74) is 3.32. The van der Waals surface area contributed by atoms with Gasteiger partial charge >= 0.3 is 0 Å². The first-order chi connectivity index (χ1) is 13.6. The highest BCUT2D eigenvalue weighted by atomic mass is 79.9. The van der Waals surface area contributed by atoms with Crippen molar-refractivity contribution in [2.45, 2.75) is 25.6 Å². The molecule has 5 rings (SSSR count). The van der Waals surface area contributed by atoms with E-state index in [1.807, 2.05) is 30.3 Å². The monoisotopic (exact) mass is 454 g/mol. The Balaban J connectivity index is 1.61. The van der Waals surface area contributed by atoms with E-state index < -0.39 is 0 Å². The summed E-state index contributed by atoms with van der Waals surface area (Å²) in [6.45, 7) is 2.13. The van der Waals surface area contributed by atoms with Gasteiger partial charge in [0.2, 0.25) is 6.23 Å². The number of ether oxygens (including phenoxy) is 2. The quantitative estimate of drug-likeness (QED) is 0.481. The van der Waals surface area contributed by atoms with E-state index in [1.165, 1.54) is 15.3 Å². The number of rotatable bonds is 3. The van der Waals surface area contributed by atoms with Gasteiger partial charge in [-0.05, 0) is 49.4 Å². The van der Waals surface area contributed by atoms with Gasteiger partial charge in [-0.3, -0.25) is 0 Å². The molecule has 0 saturated heterocycles. The predicted octanol–water partition coefficient (Wildman–Crippen LogP) is 6.07. The van der Waals surface area contributed by atoms with Crippen molar-refractivity contribution in [2.24, 2.45) is 5.10 Å². The lowest BCUT2D eigenvalue weighted by Gasteiger charge is -2.38. The molecule has 0 unspecified atom stereocenters. The van der Waals surface area contributed by atoms with Gasteiger partial charge in [0.1, 0.15) is 11.5 Å². The summed E-state index contributed by atoms with van der Waals surface area (Å²) in [7, 11) is 1.68. The molecule has 6 heteroatoms. The number of hydrogen-bond donors (Lipinski definition) is 0. The number of halogens is 1. The highest BCUT2D eigenvalue weighted by Gasteiger charge is 2.41. The Morgan fingerprint density at radius 3 is 2.86 bits per heavy atom. The van der Waals surface area contributed by atoms with Crippen molar-refractivity contribution in [1.29, 1.82) is 0 Å². The van der Waals surface area contributed by atoms with Gasteiger partial charge < -0.3 is 9.47 Å². The smallest absolute Gasteiger partial charge is 0.214 e. The Kier molecular flexibility index (Phi) is 4.40. The van der Waals surface area contributed by atoms with Crippen LogP contribution in [0.15, 0.2) is 64.2 Å². The molecule has 0 spiro atoms. The summed E-state index contributed by atoms with van der Waals surface area (Å²) < 4.78 is 12.9. The number of methoxy groups -OCH3 is 1. The van der Waals surface area contributed by atoms with Crippen LogP contribution in [0.2, 0.25) is 0 Å². The zero-order valence-corrected chi connectivity index (χ0v) is 18.0. The summed E-state index contributed by atoms with van der Waals surface area (Å²) in [6, 6.07) is 18.7. The average molecular weight is 455 g/mol. The van der Waals surface area contributed by atoms with Gasteiger partial charge in [-0.1, -0.05) is 28.1 Å². The molecule has 3 aromatic rings. The maximum Gasteiger partial charge on any atom is 0.214 e. The molecule has 0 radical (unpaired) electrons. The van der Waals surface area contributed by atoms with E-state index in [0.29, 0.717) is 0 Å². The lowest BCUT2D eigenvalue weighted by atomic mass is 9.97. The fourth-order valence-electron chi connectivity index (χ4n) is 3.81. The number of hydrazone groups is 1. The third-order valence-corrected chi connectivity index (χ3v) is 6.70. The summed E-state index contributed by atoms with van der Waals surface area (Å²) in [5.74, 6) is 1.73. The molecule has 0 amide bonds. The highest BCUT2D eigenvalue weighted by molar-refractivity contribution is 9.10. The second kappa shape index (κ2) is 6.94. The zero-order valence-electron chi connectivity index (χ0n) is 15.6. The lowest BCUT2D eigenvalue weighted by Crippen LogP contribution is -2.33. The van der Waals surface area contributed by atoms with Gasteiger partial charge in [-0.2, -0.15) is 5.10 Å². The molecule has 3 heterocycles. The number of fused-ring (bicyclic) bond motifs is 3. The van der Waals surface area contributed by atoms with E-state index in [-0.39, 0.29) is 12.3 Å². The molecule has 142 valence electrons. The first kappa shape index (κ1) is 17.8. The number of benzene rings is 2. The van der Waals surface area contributed by atoms with Gasteiger partial charge in [0.15, 0.2) is 0 Å². The van der Waals surface area contributed by atoms with E-state index in [9.17, 15) is 0 Å². The van der Waals surface area contributed by atoms with Crippen LogP contribution in [0.4, 0.5) is 0 Å². The Hall–Kier alpha value is -2.31. The van der Waals surface area contributed by atoms with E-state index >= 15 is 0 Å². The van der Waals surface area contributed by atoms with Crippen LogP contribution in [0.1, 0.15) is 39.6 Å². The van der Waals surface area contributed by atoms with E-state index in [4.69, 9.17) is 14.6 Å². The zero-order chi connectivity index (χ0) is 19.3. The maximum atomic E-state index is 6.42. The van der Waals surface area contributed by atoms with E-state index in [1.54, 1.807) is 18.4 Å². The molecule has 2 atom stereocenters. The molecule has 0 fully saturated rings. The first-order valence-electron chi connectivity index (χ1n) is 9.15. The normalized spacial score (nSPS) is 20.2. The number of aryl methyl sites for hydroxylation is 1. The van der Waals surface area contributed by atoms with Gasteiger partial charge in [0, 0.05) is 26.9 Å². The molecule has 0 N–H and O–H groups in total. The predicted molar refractivity (Wildman–Crippen MR) is 115 cm³/mol. The molecule has 0 aliphatic carbocycles. The third-order valence-electron chi connectivity index (χ3n) is 5.16. The Morgan fingerprint density at radius 2 is 2.07 bits per heavy atom. The number of nitrogens with zero attached hydrogens (tertiary/aromatic N) is 2. The van der Waals surface area contributed by atoms with Crippen LogP contribution in [0, 0.1) is 6.92 Å². The number of hydrogen-bond acceptors (Lipinski definition) is 5. The van der Waals surface area contributed by atoms with Crippen molar-refractivity contribution in [2.75, 3.05) is 7.11 Å². The molecular formula is C22H19BrN2O2S. The third kappa shape index (κ3) is 3.01. The highest BCUT2D eigenvalue weighted by Crippen LogP contribution is 2.48. The summed E-state index contributed by atoms with van der Waals surface area (Å²) in [6.07, 6.45) is 0.583. The molecule has 2 aromatic carbocycles. The van der Waals surface area contributed by atoms with Gasteiger partial charge in [0.05, 0.1) is 23.7 Å². The molecule has 4 nitrogen and oxygen atoms in total. The molecule has 1 aromatic heterocycles. The summed E-state index contributed by atoms with van der Waals surface area (Å²) in [5, 5.41) is 7.12. The molecule has 28 heavy (non-hydrogen) atoms. The number of thiophene rings is 1. The van der Waals surface area contributed by atoms with Crippen LogP contribution in [-0.2, 0) is 0 Å². The van der Waals surface area contributed by atoms with Gasteiger partial charge in [-0.15, -0.1) is 11.3 Å². The van der Waals surface area contributed by atoms with Crippen LogP contribution in [0.25, 0.3) is 0 Å². The standard InChI is InChI=1S/C22H19BrN2O2S/c1-13-6-9-21(28-13)18-12-19-17-11-15(23)7-8-20(17)27-22(25(19)24-18)14-4-3-5-16(10-14)26-2/h3-11,19,22H,12H2,1-2H3/t19-,22+/m0/s1. The second-order valence-corrected chi connectivity index (χ2v) is 9.19. The van der Waals surface area contributed by atoms with Crippen LogP contribution >= 0.6 is 27.3 Å². The fraction of sp³-hybridized carbons (Fsp3) is 0.227. The molecule has 0 bridgehead atoms. The second-order valence-electron chi connectivity index (χ2n) is 6.99. The minimum Gasteiger partial charge on any atom is -0.497 e. The van der Waals surface area contributed by atoms with Crippen molar-refractivity contribution in [3.8, 4) is 11.5 Å². The SMILES string of the molecule is COc1cccc([C@H]2Oc3ccc(Br)cc3[C@@H]3CC(c4ccc(C)s4)=NN23)c1. The summed E-state index contributed by atoms with van der Waals surface area (Å²) in [4.78, 5) is 2.53. The average Bonchev–Trinajstić information content (AvgIpc) is 3.34. The van der Waals surface area contributed by atoms with Crippen molar-refractivity contribution in [3.63, 3.8) is 0 Å². The van der Waals surface area contributed by atoms with Crippen LogP contribution < -0.4 is 9.47 Å². The van der Waals surface area contributed by atoms with Crippen molar-refractivity contribution >= 4 is 33.0 Å². The van der Waals surface area contributed by atoms with E-state index in [0.717, 1.165) is 33.7 Å². The topological polar surface area (TPSA) is 34.1 Å². The Labute approximate surface area is 176 Å². The molecule has 0 saturated carbocycles. The van der Waals surface area contributed by atoms with E-state index in [2.05, 4.69) is 52.1 Å². The Morgan fingerprint density at radius 1 is 1.18 bits per heavy atom. The fourth-order valence-corrected chi connectivity index (χ4v) is 5.05. The van der Waals surface area contributed by atoms with Crippen molar-refractivity contribution in [3.05, 3.63) is 80.0 Å². The Bertz CT molecular complexity index is 1080. The van der Waals surface area contributed by atoms with Gasteiger partial charge in [-0.25, -0.2) is 5.01 Å². The van der Waals surface area contributed by atoms with Crippen LogP contribution in [0.5, 0.6) is 11.5 Å². The first-order valence-corrected chi connectivity index (χ1v) is 10.8. The lowest BCUT2D eigenvalue weighted by molar-refractivity contribution is -0.0191. The van der Waals surface area contributed by atoms with Crippen molar-refractivity contribution in [1.82, 2.24) is 5.01 Å². The van der Waals surface area contributed by atoms with Crippen LogP contribution in [0.3, 0.4) is 0 Å². The van der Waals surface area contributed by atoms with Crippen LogP contribution in [-0.4, -0.2) is 17.8 Å².